The van der Waals surface area contributed by atoms with E-state index >= 15 is 0 Å². The van der Waals surface area contributed by atoms with Crippen LogP contribution in [0.2, 0.25) is 0 Å². The zero-order chi connectivity index (χ0) is 12.1. The Hall–Kier alpha value is -1.89. The standard InChI is InChI=1S/C12H13FN2O/c1-8(2)3-12(16)15-11-5-9(7-14)4-10(13)6-11/h4-6,8H,3H2,1-2H3,(H,15,16). The van der Waals surface area contributed by atoms with Crippen molar-refractivity contribution in [2.24, 2.45) is 5.92 Å². The fourth-order valence-corrected chi connectivity index (χ4v) is 1.31. The summed E-state index contributed by atoms with van der Waals surface area (Å²) in [4.78, 5) is 11.4. The van der Waals surface area contributed by atoms with Gasteiger partial charge in [-0.25, -0.2) is 4.39 Å². The molecule has 1 N–H and O–H groups in total. The first-order valence-corrected chi connectivity index (χ1v) is 5.02. The summed E-state index contributed by atoms with van der Waals surface area (Å²) in [6.45, 7) is 3.84. The molecule has 3 nitrogen and oxygen atoms in total. The molecule has 0 saturated heterocycles. The summed E-state index contributed by atoms with van der Waals surface area (Å²) < 4.78 is 13.0. The van der Waals surface area contributed by atoms with Gasteiger partial charge in [-0.15, -0.1) is 0 Å². The number of hydrogen-bond donors (Lipinski definition) is 1. The largest absolute Gasteiger partial charge is 0.326 e. The monoisotopic (exact) mass is 220 g/mol. The van der Waals surface area contributed by atoms with Crippen molar-refractivity contribution < 1.29 is 9.18 Å². The summed E-state index contributed by atoms with van der Waals surface area (Å²) >= 11 is 0. The molecule has 0 saturated carbocycles. The Morgan fingerprint density at radius 2 is 2.19 bits per heavy atom. The minimum Gasteiger partial charge on any atom is -0.326 e. The van der Waals surface area contributed by atoms with Crippen LogP contribution in [0.15, 0.2) is 18.2 Å². The van der Waals surface area contributed by atoms with Gasteiger partial charge in [0.05, 0.1) is 11.6 Å². The number of nitriles is 1. The minimum absolute atomic E-state index is 0.176. The van der Waals surface area contributed by atoms with E-state index in [-0.39, 0.29) is 17.4 Å². The predicted molar refractivity (Wildman–Crippen MR) is 59.2 cm³/mol. The van der Waals surface area contributed by atoms with E-state index in [1.54, 1.807) is 0 Å². The third-order valence-electron chi connectivity index (χ3n) is 1.90. The number of amides is 1. The molecule has 0 radical (unpaired) electrons. The van der Waals surface area contributed by atoms with Gasteiger partial charge in [-0.05, 0) is 24.1 Å². The van der Waals surface area contributed by atoms with Crippen LogP contribution in [0.4, 0.5) is 10.1 Å². The van der Waals surface area contributed by atoms with Gasteiger partial charge in [0.25, 0.3) is 0 Å². The van der Waals surface area contributed by atoms with Crippen LogP contribution in [0.3, 0.4) is 0 Å². The second-order valence-corrected chi connectivity index (χ2v) is 3.99. The number of nitrogens with zero attached hydrogens (tertiary/aromatic N) is 1. The van der Waals surface area contributed by atoms with E-state index in [0.29, 0.717) is 12.1 Å². The van der Waals surface area contributed by atoms with Crippen molar-refractivity contribution in [3.63, 3.8) is 0 Å². The number of carbonyl (C=O) groups is 1. The number of anilines is 1. The highest BCUT2D eigenvalue weighted by atomic mass is 19.1. The smallest absolute Gasteiger partial charge is 0.224 e. The van der Waals surface area contributed by atoms with Crippen molar-refractivity contribution in [3.05, 3.63) is 29.6 Å². The molecule has 84 valence electrons. The highest BCUT2D eigenvalue weighted by Gasteiger charge is 2.07. The first kappa shape index (κ1) is 12.2. The molecular formula is C12H13FN2O. The molecule has 0 aliphatic rings. The average molecular weight is 220 g/mol. The first-order chi connectivity index (χ1) is 7.51. The van der Waals surface area contributed by atoms with Gasteiger partial charge in [-0.2, -0.15) is 5.26 Å². The van der Waals surface area contributed by atoms with E-state index in [2.05, 4.69) is 5.32 Å². The molecule has 0 unspecified atom stereocenters. The third kappa shape index (κ3) is 3.70. The highest BCUT2D eigenvalue weighted by Crippen LogP contribution is 2.14. The molecule has 16 heavy (non-hydrogen) atoms. The van der Waals surface area contributed by atoms with Crippen LogP contribution in [-0.2, 0) is 4.79 Å². The zero-order valence-electron chi connectivity index (χ0n) is 9.25. The Kier molecular flexibility index (Phi) is 4.01. The number of carbonyl (C=O) groups excluding carboxylic acids is 1. The van der Waals surface area contributed by atoms with Gasteiger partial charge in [0.2, 0.25) is 5.91 Å². The number of nitrogens with one attached hydrogen (secondary N) is 1. The second kappa shape index (κ2) is 5.26. The molecule has 4 heteroatoms. The van der Waals surface area contributed by atoms with Crippen LogP contribution in [0, 0.1) is 23.1 Å². The van der Waals surface area contributed by atoms with E-state index in [1.807, 2.05) is 19.9 Å². The van der Waals surface area contributed by atoms with E-state index in [1.165, 1.54) is 12.1 Å². The normalized spacial score (nSPS) is 9.94. The summed E-state index contributed by atoms with van der Waals surface area (Å²) in [5, 5.41) is 11.2. The number of rotatable bonds is 3. The molecule has 0 atom stereocenters. The van der Waals surface area contributed by atoms with E-state index in [0.717, 1.165) is 6.07 Å². The van der Waals surface area contributed by atoms with Crippen molar-refractivity contribution in [3.8, 4) is 6.07 Å². The molecule has 0 aliphatic carbocycles. The maximum atomic E-state index is 13.0. The summed E-state index contributed by atoms with van der Waals surface area (Å²) in [7, 11) is 0. The van der Waals surface area contributed by atoms with E-state index in [4.69, 9.17) is 5.26 Å². The quantitative estimate of drug-likeness (QED) is 0.851. The molecule has 1 rings (SSSR count). The molecule has 0 spiro atoms. The van der Waals surface area contributed by atoms with Gasteiger partial charge in [0, 0.05) is 12.1 Å². The Morgan fingerprint density at radius 3 is 2.75 bits per heavy atom. The van der Waals surface area contributed by atoms with Gasteiger partial charge in [-0.1, -0.05) is 13.8 Å². The zero-order valence-corrected chi connectivity index (χ0v) is 9.25. The average Bonchev–Trinajstić information content (AvgIpc) is 2.14. The van der Waals surface area contributed by atoms with Gasteiger partial charge < -0.3 is 5.32 Å². The minimum atomic E-state index is -0.529. The molecule has 1 aromatic carbocycles. The van der Waals surface area contributed by atoms with Crippen molar-refractivity contribution in [2.45, 2.75) is 20.3 Å². The van der Waals surface area contributed by atoms with Crippen LogP contribution in [0.25, 0.3) is 0 Å². The van der Waals surface area contributed by atoms with E-state index in [9.17, 15) is 9.18 Å². The van der Waals surface area contributed by atoms with Crippen LogP contribution in [0.1, 0.15) is 25.8 Å². The molecule has 0 bridgehead atoms. The Bertz CT molecular complexity index is 435. The number of benzene rings is 1. The van der Waals surface area contributed by atoms with Gasteiger partial charge in [0.1, 0.15) is 5.82 Å². The van der Waals surface area contributed by atoms with Crippen molar-refractivity contribution >= 4 is 11.6 Å². The third-order valence-corrected chi connectivity index (χ3v) is 1.90. The summed E-state index contributed by atoms with van der Waals surface area (Å²) in [5.41, 5.74) is 0.516. The molecule has 1 amide bonds. The SMILES string of the molecule is CC(C)CC(=O)Nc1cc(F)cc(C#N)c1. The van der Waals surface area contributed by atoms with Crippen molar-refractivity contribution in [1.82, 2.24) is 0 Å². The topological polar surface area (TPSA) is 52.9 Å². The lowest BCUT2D eigenvalue weighted by molar-refractivity contribution is -0.116. The summed E-state index contributed by atoms with van der Waals surface area (Å²) in [5.74, 6) is -0.465. The lowest BCUT2D eigenvalue weighted by atomic mass is 10.1. The fourth-order valence-electron chi connectivity index (χ4n) is 1.31. The Morgan fingerprint density at radius 1 is 1.50 bits per heavy atom. The summed E-state index contributed by atoms with van der Waals surface area (Å²) in [6, 6.07) is 5.59. The van der Waals surface area contributed by atoms with Gasteiger partial charge >= 0.3 is 0 Å². The molecule has 0 fully saturated rings. The van der Waals surface area contributed by atoms with Crippen LogP contribution < -0.4 is 5.32 Å². The predicted octanol–water partition coefficient (Wildman–Crippen LogP) is 2.68. The fraction of sp³-hybridized carbons (Fsp3) is 0.333. The number of halogens is 1. The maximum Gasteiger partial charge on any atom is 0.224 e. The van der Waals surface area contributed by atoms with E-state index < -0.39 is 5.82 Å². The Labute approximate surface area is 93.9 Å². The molecular weight excluding hydrogens is 207 g/mol. The second-order valence-electron chi connectivity index (χ2n) is 3.99. The van der Waals surface area contributed by atoms with Crippen molar-refractivity contribution in [2.75, 3.05) is 5.32 Å². The lowest BCUT2D eigenvalue weighted by Gasteiger charge is -2.07. The van der Waals surface area contributed by atoms with Gasteiger partial charge in [0.15, 0.2) is 0 Å². The van der Waals surface area contributed by atoms with Crippen LogP contribution >= 0.6 is 0 Å². The van der Waals surface area contributed by atoms with Crippen molar-refractivity contribution in [1.29, 1.82) is 5.26 Å². The molecule has 0 heterocycles. The molecule has 0 aliphatic heterocycles. The first-order valence-electron chi connectivity index (χ1n) is 5.02. The van der Waals surface area contributed by atoms with Crippen LogP contribution in [0.5, 0.6) is 0 Å². The van der Waals surface area contributed by atoms with Crippen LogP contribution in [-0.4, -0.2) is 5.91 Å². The maximum absolute atomic E-state index is 13.0. The lowest BCUT2D eigenvalue weighted by Crippen LogP contribution is -2.14. The number of hydrogen-bond acceptors (Lipinski definition) is 2. The molecule has 1 aromatic rings. The Balaban J connectivity index is 2.78. The van der Waals surface area contributed by atoms with Gasteiger partial charge in [-0.3, -0.25) is 4.79 Å². The summed E-state index contributed by atoms with van der Waals surface area (Å²) in [6.07, 6.45) is 0.373. The highest BCUT2D eigenvalue weighted by molar-refractivity contribution is 5.90. The molecule has 0 aromatic heterocycles.